The molecule has 148 valence electrons. The summed E-state index contributed by atoms with van der Waals surface area (Å²) < 4.78 is 5.59. The van der Waals surface area contributed by atoms with Crippen molar-refractivity contribution in [2.24, 2.45) is 0 Å². The molecule has 0 aliphatic carbocycles. The number of benzene rings is 3. The maximum atomic E-state index is 12.9. The fraction of sp³-hybridized carbons (Fsp3) is 0. The average Bonchev–Trinajstić information content (AvgIpc) is 2.98. The lowest BCUT2D eigenvalue weighted by molar-refractivity contribution is -0.384. The molecule has 0 bridgehead atoms. The highest BCUT2D eigenvalue weighted by atomic mass is 16.6. The molecule has 0 saturated heterocycles. The Kier molecular flexibility index (Phi) is 4.47. The molecule has 2 amide bonds. The predicted octanol–water partition coefficient (Wildman–Crippen LogP) is 2.55. The minimum atomic E-state index is -1.52. The average molecular weight is 403 g/mol. The summed E-state index contributed by atoms with van der Waals surface area (Å²) in [6.07, 6.45) is 0. The van der Waals surface area contributed by atoms with Gasteiger partial charge in [0.15, 0.2) is 0 Å². The highest BCUT2D eigenvalue weighted by Gasteiger charge is 2.38. The van der Waals surface area contributed by atoms with Gasteiger partial charge in [0.2, 0.25) is 0 Å². The van der Waals surface area contributed by atoms with E-state index in [1.54, 1.807) is 0 Å². The molecule has 0 N–H and O–H groups in total. The third kappa shape index (κ3) is 3.14. The van der Waals surface area contributed by atoms with Crippen LogP contribution < -0.4 is 14.7 Å². The Morgan fingerprint density at radius 3 is 2.30 bits per heavy atom. The van der Waals surface area contributed by atoms with Crippen LogP contribution in [-0.4, -0.2) is 22.7 Å². The lowest BCUT2D eigenvalue weighted by atomic mass is 10.1. The van der Waals surface area contributed by atoms with Gasteiger partial charge in [-0.25, -0.2) is 4.90 Å². The van der Waals surface area contributed by atoms with Crippen molar-refractivity contribution < 1.29 is 29.2 Å². The quantitative estimate of drug-likeness (QED) is 0.363. The topological polar surface area (TPSA) is 130 Å². The van der Waals surface area contributed by atoms with Crippen molar-refractivity contribution in [3.63, 3.8) is 0 Å². The first-order valence-corrected chi connectivity index (χ1v) is 8.62. The number of anilines is 1. The van der Waals surface area contributed by atoms with Crippen molar-refractivity contribution in [1.29, 1.82) is 0 Å². The highest BCUT2D eigenvalue weighted by molar-refractivity contribution is 6.35. The van der Waals surface area contributed by atoms with Crippen LogP contribution in [-0.2, 0) is 0 Å². The molecule has 4 rings (SSSR count). The van der Waals surface area contributed by atoms with Crippen LogP contribution in [0.4, 0.5) is 11.4 Å². The second-order valence-corrected chi connectivity index (χ2v) is 6.31. The van der Waals surface area contributed by atoms with Crippen molar-refractivity contribution in [2.75, 3.05) is 4.90 Å². The van der Waals surface area contributed by atoms with Crippen molar-refractivity contribution in [3.05, 3.63) is 93.5 Å². The maximum Gasteiger partial charge on any atom is 0.273 e. The van der Waals surface area contributed by atoms with Crippen LogP contribution in [0.5, 0.6) is 11.5 Å². The zero-order valence-electron chi connectivity index (χ0n) is 15.1. The third-order valence-corrected chi connectivity index (χ3v) is 4.49. The number of rotatable bonds is 5. The molecule has 9 nitrogen and oxygen atoms in total. The minimum Gasteiger partial charge on any atom is -0.545 e. The fourth-order valence-corrected chi connectivity index (χ4v) is 3.14. The van der Waals surface area contributed by atoms with Gasteiger partial charge in [0.1, 0.15) is 11.5 Å². The van der Waals surface area contributed by atoms with Gasteiger partial charge < -0.3 is 14.6 Å². The van der Waals surface area contributed by atoms with E-state index in [9.17, 15) is 29.6 Å². The number of carboxylic acids is 1. The molecule has 1 heterocycles. The van der Waals surface area contributed by atoms with Crippen LogP contribution in [0, 0.1) is 10.1 Å². The van der Waals surface area contributed by atoms with E-state index >= 15 is 0 Å². The number of ether oxygens (including phenoxy) is 1. The SMILES string of the molecule is O=C([O-])c1ccccc1N1C(=O)c2ccc(Oc3cccc([N+](=O)[O-])c3)cc2C1=O. The smallest absolute Gasteiger partial charge is 0.273 e. The van der Waals surface area contributed by atoms with Crippen LogP contribution >= 0.6 is 0 Å². The molecular weight excluding hydrogens is 392 g/mol. The van der Waals surface area contributed by atoms with E-state index in [4.69, 9.17) is 4.74 Å². The second-order valence-electron chi connectivity index (χ2n) is 6.31. The number of amides is 2. The molecule has 0 aromatic heterocycles. The number of non-ortho nitro benzene ring substituents is 1. The normalized spacial score (nSPS) is 12.6. The van der Waals surface area contributed by atoms with Gasteiger partial charge >= 0.3 is 0 Å². The van der Waals surface area contributed by atoms with Gasteiger partial charge in [-0.05, 0) is 30.3 Å². The second kappa shape index (κ2) is 7.13. The number of imide groups is 1. The number of carbonyl (C=O) groups is 3. The number of carbonyl (C=O) groups excluding carboxylic acids is 3. The Labute approximate surface area is 168 Å². The Morgan fingerprint density at radius 2 is 1.57 bits per heavy atom. The molecule has 0 atom stereocenters. The summed E-state index contributed by atoms with van der Waals surface area (Å²) in [4.78, 5) is 48.1. The summed E-state index contributed by atoms with van der Waals surface area (Å²) in [5, 5.41) is 22.3. The summed E-state index contributed by atoms with van der Waals surface area (Å²) >= 11 is 0. The predicted molar refractivity (Wildman–Crippen MR) is 102 cm³/mol. The molecule has 0 unspecified atom stereocenters. The van der Waals surface area contributed by atoms with E-state index in [-0.39, 0.29) is 39.6 Å². The van der Waals surface area contributed by atoms with Crippen LogP contribution in [0.2, 0.25) is 0 Å². The van der Waals surface area contributed by atoms with E-state index < -0.39 is 22.7 Å². The molecule has 1 aliphatic rings. The van der Waals surface area contributed by atoms with Crippen molar-refractivity contribution in [1.82, 2.24) is 0 Å². The highest BCUT2D eigenvalue weighted by Crippen LogP contribution is 2.34. The molecule has 3 aromatic carbocycles. The number of hydrogen-bond acceptors (Lipinski definition) is 7. The van der Waals surface area contributed by atoms with Gasteiger partial charge in [0.05, 0.1) is 33.8 Å². The Bertz CT molecular complexity index is 1240. The summed E-state index contributed by atoms with van der Waals surface area (Å²) in [5.74, 6) is -2.54. The van der Waals surface area contributed by atoms with E-state index in [0.29, 0.717) is 0 Å². The number of fused-ring (bicyclic) bond motifs is 1. The lowest BCUT2D eigenvalue weighted by Gasteiger charge is -2.18. The van der Waals surface area contributed by atoms with Gasteiger partial charge in [0, 0.05) is 11.6 Å². The zero-order chi connectivity index (χ0) is 21.4. The number of nitrogens with zero attached hydrogens (tertiary/aromatic N) is 2. The summed E-state index contributed by atoms with van der Waals surface area (Å²) in [6.45, 7) is 0. The van der Waals surface area contributed by atoms with E-state index in [1.807, 2.05) is 0 Å². The van der Waals surface area contributed by atoms with Gasteiger partial charge in [-0.15, -0.1) is 0 Å². The van der Waals surface area contributed by atoms with Crippen LogP contribution in [0.25, 0.3) is 0 Å². The van der Waals surface area contributed by atoms with Crippen molar-refractivity contribution in [3.8, 4) is 11.5 Å². The number of carboxylic acid groups (broad SMARTS) is 1. The molecular formula is C21H11N2O7-. The van der Waals surface area contributed by atoms with Gasteiger partial charge in [0.25, 0.3) is 17.5 Å². The zero-order valence-corrected chi connectivity index (χ0v) is 15.1. The first-order valence-electron chi connectivity index (χ1n) is 8.62. The Hall–Kier alpha value is -4.53. The lowest BCUT2D eigenvalue weighted by Crippen LogP contribution is -2.33. The first-order chi connectivity index (χ1) is 14.4. The number of nitro benzene ring substituents is 1. The van der Waals surface area contributed by atoms with Crippen LogP contribution in [0.1, 0.15) is 31.1 Å². The monoisotopic (exact) mass is 403 g/mol. The minimum absolute atomic E-state index is 0.0241. The number of para-hydroxylation sites is 1. The number of aromatic carboxylic acids is 1. The first kappa shape index (κ1) is 18.8. The molecule has 3 aromatic rings. The summed E-state index contributed by atoms with van der Waals surface area (Å²) in [7, 11) is 0. The van der Waals surface area contributed by atoms with Gasteiger partial charge in [-0.3, -0.25) is 19.7 Å². The van der Waals surface area contributed by atoms with Gasteiger partial charge in [-0.1, -0.05) is 24.3 Å². The summed E-state index contributed by atoms with van der Waals surface area (Å²) in [6, 6.07) is 15.2. The maximum absolute atomic E-state index is 12.9. The molecule has 30 heavy (non-hydrogen) atoms. The Morgan fingerprint density at radius 1 is 0.867 bits per heavy atom. The molecule has 9 heteroatoms. The molecule has 1 aliphatic heterocycles. The molecule has 0 radical (unpaired) electrons. The summed E-state index contributed by atoms with van der Waals surface area (Å²) in [5.41, 5.74) is -0.439. The van der Waals surface area contributed by atoms with E-state index in [0.717, 1.165) is 4.90 Å². The molecule has 0 fully saturated rings. The van der Waals surface area contributed by atoms with Crippen LogP contribution in [0.3, 0.4) is 0 Å². The molecule has 0 saturated carbocycles. The van der Waals surface area contributed by atoms with Gasteiger partial charge in [-0.2, -0.15) is 0 Å². The Balaban J connectivity index is 1.69. The number of nitro groups is 1. The number of hydrogen-bond donors (Lipinski definition) is 0. The fourth-order valence-electron chi connectivity index (χ4n) is 3.14. The molecule has 0 spiro atoms. The van der Waals surface area contributed by atoms with E-state index in [1.165, 1.54) is 66.7 Å². The van der Waals surface area contributed by atoms with Crippen molar-refractivity contribution in [2.45, 2.75) is 0 Å². The van der Waals surface area contributed by atoms with Crippen molar-refractivity contribution >= 4 is 29.2 Å². The standard InChI is InChI=1S/C21H12N2O7/c24-19-15-9-8-14(30-13-5-3-4-12(10-13)23(28)29)11-17(15)20(25)22(19)18-7-2-1-6-16(18)21(26)27/h1-11H,(H,26,27)/p-1. The third-order valence-electron chi connectivity index (χ3n) is 4.49. The van der Waals surface area contributed by atoms with Crippen LogP contribution in [0.15, 0.2) is 66.7 Å². The largest absolute Gasteiger partial charge is 0.545 e. The van der Waals surface area contributed by atoms with E-state index in [2.05, 4.69) is 0 Å².